The molecule has 0 fully saturated rings. The molecule has 0 saturated heterocycles. The van der Waals surface area contributed by atoms with Crippen LogP contribution in [0.1, 0.15) is 20.8 Å². The molecule has 0 aliphatic heterocycles. The van der Waals surface area contributed by atoms with Gasteiger partial charge in [0, 0.05) is 44.0 Å². The average molecular weight is 544 g/mol. The molecule has 2 aromatic carbocycles. The molecule has 12 heteroatoms. The Balaban J connectivity index is 1.84. The highest BCUT2D eigenvalue weighted by atomic mass is 35.5. The Morgan fingerprint density at radius 2 is 1.68 bits per heavy atom. The molecular weight excluding hydrogens is 510 g/mol. The lowest BCUT2D eigenvalue weighted by Crippen LogP contribution is -2.28. The number of nitro groups is 1. The highest BCUT2D eigenvalue weighted by molar-refractivity contribution is 6.32. The van der Waals surface area contributed by atoms with Crippen molar-refractivity contribution >= 4 is 46.0 Å². The first-order valence-corrected chi connectivity index (χ1v) is 12.3. The first-order chi connectivity index (χ1) is 17.9. The minimum atomic E-state index is -0.407. The number of hydrogen-bond donors (Lipinski definition) is 2. The monoisotopic (exact) mass is 543 g/mol. The van der Waals surface area contributed by atoms with Gasteiger partial charge < -0.3 is 29.9 Å². The summed E-state index contributed by atoms with van der Waals surface area (Å²) < 4.78 is 11.4. The molecule has 0 unspecified atom stereocenters. The van der Waals surface area contributed by atoms with Crippen molar-refractivity contribution in [1.29, 1.82) is 0 Å². The topological polar surface area (TPSA) is 118 Å². The molecule has 0 spiro atoms. The summed E-state index contributed by atoms with van der Waals surface area (Å²) in [7, 11) is 7.23. The van der Waals surface area contributed by atoms with E-state index in [1.807, 2.05) is 57.8 Å². The van der Waals surface area contributed by atoms with E-state index in [2.05, 4.69) is 20.6 Å². The standard InChI is InChI=1S/C26H34ClN7O4/c1-26(2,3)38-22-9-8-17(12-18(22)27)30-24-15-25(29-16-28-24)31-19-13-21(34(35)36)20(14-23(19)37-7)33(6)11-10-32(4)5/h8-9,12-16H,10-11H2,1-7H3,(H2,28,29,30,31). The third kappa shape index (κ3) is 7.83. The van der Waals surface area contributed by atoms with E-state index in [1.54, 1.807) is 24.3 Å². The summed E-state index contributed by atoms with van der Waals surface area (Å²) >= 11 is 6.40. The van der Waals surface area contributed by atoms with E-state index in [0.29, 0.717) is 51.8 Å². The highest BCUT2D eigenvalue weighted by Crippen LogP contribution is 2.39. The smallest absolute Gasteiger partial charge is 0.294 e. The molecule has 3 aromatic rings. The fourth-order valence-electron chi connectivity index (χ4n) is 3.52. The number of methoxy groups -OCH3 is 1. The number of likely N-dealkylation sites (N-methyl/N-ethyl adjacent to an activating group) is 2. The Bertz CT molecular complexity index is 1280. The number of aromatic nitrogens is 2. The molecule has 1 heterocycles. The van der Waals surface area contributed by atoms with Crippen LogP contribution in [-0.4, -0.2) is 66.7 Å². The fraction of sp³-hybridized carbons (Fsp3) is 0.385. The van der Waals surface area contributed by atoms with E-state index in [-0.39, 0.29) is 11.3 Å². The molecule has 38 heavy (non-hydrogen) atoms. The lowest BCUT2D eigenvalue weighted by atomic mass is 10.2. The molecule has 0 saturated carbocycles. The predicted octanol–water partition coefficient (Wildman–Crippen LogP) is 5.71. The van der Waals surface area contributed by atoms with Gasteiger partial charge in [-0.05, 0) is 53.1 Å². The van der Waals surface area contributed by atoms with Gasteiger partial charge in [0.15, 0.2) is 0 Å². The number of ether oxygens (including phenoxy) is 2. The van der Waals surface area contributed by atoms with Gasteiger partial charge in [-0.25, -0.2) is 9.97 Å². The van der Waals surface area contributed by atoms with Crippen LogP contribution in [0.3, 0.4) is 0 Å². The van der Waals surface area contributed by atoms with Crippen molar-refractivity contribution in [3.05, 3.63) is 57.9 Å². The molecule has 0 amide bonds. The second-order valence-electron chi connectivity index (χ2n) is 9.92. The van der Waals surface area contributed by atoms with Gasteiger partial charge >= 0.3 is 0 Å². The van der Waals surface area contributed by atoms with Crippen molar-refractivity contribution in [2.24, 2.45) is 0 Å². The van der Waals surface area contributed by atoms with Crippen LogP contribution >= 0.6 is 11.6 Å². The molecule has 204 valence electrons. The number of nitrogens with one attached hydrogen (secondary N) is 2. The Hall–Kier alpha value is -3.83. The maximum absolute atomic E-state index is 11.9. The molecule has 0 aliphatic rings. The molecule has 0 radical (unpaired) electrons. The summed E-state index contributed by atoms with van der Waals surface area (Å²) in [6.45, 7) is 7.20. The van der Waals surface area contributed by atoms with Crippen molar-refractivity contribution in [3.8, 4) is 11.5 Å². The van der Waals surface area contributed by atoms with E-state index in [4.69, 9.17) is 21.1 Å². The van der Waals surface area contributed by atoms with Crippen LogP contribution in [0.4, 0.5) is 34.4 Å². The number of halogens is 1. The lowest BCUT2D eigenvalue weighted by molar-refractivity contribution is -0.384. The first-order valence-electron chi connectivity index (χ1n) is 11.9. The minimum absolute atomic E-state index is 0.0471. The largest absolute Gasteiger partial charge is 0.494 e. The minimum Gasteiger partial charge on any atom is -0.494 e. The van der Waals surface area contributed by atoms with Gasteiger partial charge in [-0.3, -0.25) is 10.1 Å². The SMILES string of the molecule is COc1cc(N(C)CCN(C)C)c([N+](=O)[O-])cc1Nc1cc(Nc2ccc(OC(C)(C)C)c(Cl)c2)ncn1. The van der Waals surface area contributed by atoms with Gasteiger partial charge in [-0.15, -0.1) is 0 Å². The summed E-state index contributed by atoms with van der Waals surface area (Å²) in [4.78, 5) is 23.9. The van der Waals surface area contributed by atoms with Crippen LogP contribution in [0.2, 0.25) is 5.02 Å². The van der Waals surface area contributed by atoms with Gasteiger partial charge in [0.25, 0.3) is 5.69 Å². The van der Waals surface area contributed by atoms with Gasteiger partial charge in [0.2, 0.25) is 0 Å². The molecule has 11 nitrogen and oxygen atoms in total. The molecule has 0 aliphatic carbocycles. The fourth-order valence-corrected chi connectivity index (χ4v) is 3.74. The van der Waals surface area contributed by atoms with Crippen molar-refractivity contribution < 1.29 is 14.4 Å². The van der Waals surface area contributed by atoms with Crippen LogP contribution in [-0.2, 0) is 0 Å². The molecule has 3 rings (SSSR count). The van der Waals surface area contributed by atoms with Crippen molar-refractivity contribution in [2.45, 2.75) is 26.4 Å². The van der Waals surface area contributed by atoms with Crippen LogP contribution in [0.15, 0.2) is 42.7 Å². The van der Waals surface area contributed by atoms with Gasteiger partial charge in [0.05, 0.1) is 22.7 Å². The number of nitrogens with zero attached hydrogens (tertiary/aromatic N) is 5. The molecule has 0 atom stereocenters. The van der Waals surface area contributed by atoms with E-state index < -0.39 is 4.92 Å². The maximum atomic E-state index is 11.9. The van der Waals surface area contributed by atoms with Crippen molar-refractivity contribution in [3.63, 3.8) is 0 Å². The molecule has 0 bridgehead atoms. The Labute approximate surface area is 227 Å². The second-order valence-corrected chi connectivity index (χ2v) is 10.3. The van der Waals surface area contributed by atoms with Gasteiger partial charge in [-0.1, -0.05) is 11.6 Å². The Kier molecular flexibility index (Phi) is 9.18. The van der Waals surface area contributed by atoms with Crippen molar-refractivity contribution in [2.75, 3.05) is 56.9 Å². The number of hydrogen-bond acceptors (Lipinski definition) is 10. The quantitative estimate of drug-likeness (QED) is 0.230. The van der Waals surface area contributed by atoms with Gasteiger partial charge in [-0.2, -0.15) is 0 Å². The average Bonchev–Trinajstić information content (AvgIpc) is 2.83. The number of nitro benzene ring substituents is 1. The zero-order valence-electron chi connectivity index (χ0n) is 22.7. The highest BCUT2D eigenvalue weighted by Gasteiger charge is 2.22. The van der Waals surface area contributed by atoms with Crippen molar-refractivity contribution in [1.82, 2.24) is 14.9 Å². The van der Waals surface area contributed by atoms with Crippen LogP contribution < -0.4 is 25.0 Å². The molecular formula is C26H34ClN7O4. The predicted molar refractivity (Wildman–Crippen MR) is 152 cm³/mol. The zero-order valence-corrected chi connectivity index (χ0v) is 23.5. The van der Waals surface area contributed by atoms with E-state index in [0.717, 1.165) is 6.54 Å². The third-order valence-corrected chi connectivity index (χ3v) is 5.63. The van der Waals surface area contributed by atoms with Crippen LogP contribution in [0.5, 0.6) is 11.5 Å². The Morgan fingerprint density at radius 3 is 2.26 bits per heavy atom. The molecule has 2 N–H and O–H groups in total. The van der Waals surface area contributed by atoms with Crippen LogP contribution in [0, 0.1) is 10.1 Å². The number of benzene rings is 2. The Morgan fingerprint density at radius 1 is 1.00 bits per heavy atom. The second kappa shape index (κ2) is 12.1. The van der Waals surface area contributed by atoms with E-state index in [9.17, 15) is 10.1 Å². The van der Waals surface area contributed by atoms with Crippen LogP contribution in [0.25, 0.3) is 0 Å². The third-order valence-electron chi connectivity index (χ3n) is 5.34. The summed E-state index contributed by atoms with van der Waals surface area (Å²) in [5.74, 6) is 1.94. The maximum Gasteiger partial charge on any atom is 0.294 e. The van der Waals surface area contributed by atoms with E-state index >= 15 is 0 Å². The summed E-state index contributed by atoms with van der Waals surface area (Å²) in [6, 6.07) is 10.1. The molecule has 1 aromatic heterocycles. The summed E-state index contributed by atoms with van der Waals surface area (Å²) in [5.41, 5.74) is 1.15. The number of rotatable bonds is 11. The normalized spacial score (nSPS) is 11.3. The summed E-state index contributed by atoms with van der Waals surface area (Å²) in [5, 5.41) is 18.7. The lowest BCUT2D eigenvalue weighted by Gasteiger charge is -2.23. The van der Waals surface area contributed by atoms with E-state index in [1.165, 1.54) is 19.5 Å². The first kappa shape index (κ1) is 28.7. The zero-order chi connectivity index (χ0) is 28.0. The summed E-state index contributed by atoms with van der Waals surface area (Å²) in [6.07, 6.45) is 1.38. The number of anilines is 5. The van der Waals surface area contributed by atoms with Gasteiger partial charge in [0.1, 0.15) is 40.8 Å².